The van der Waals surface area contributed by atoms with E-state index in [2.05, 4.69) is 5.32 Å². The van der Waals surface area contributed by atoms with Crippen LogP contribution >= 0.6 is 11.6 Å². The Hall–Kier alpha value is -1.11. The Labute approximate surface area is 111 Å². The first-order valence-electron chi connectivity index (χ1n) is 5.29. The Balaban J connectivity index is 2.83. The summed E-state index contributed by atoms with van der Waals surface area (Å²) in [4.78, 5) is 11.4. The molecule has 1 aromatic carbocycles. The van der Waals surface area contributed by atoms with E-state index >= 15 is 0 Å². The Bertz CT molecular complexity index is 526. The smallest absolute Gasteiger partial charge is 0.238 e. The minimum Gasteiger partial charge on any atom is -0.348 e. The standard InChI is InChI=1S/C11H15ClN2O3S/c1-7(12)11(15)14-8(2)9-3-5-10(6-4-9)18(13,16)17/h3-8H,1-2H3,(H,14,15)(H2,13,16,17)/t7-,8+/m0/s1. The zero-order chi connectivity index (χ0) is 13.9. The van der Waals surface area contributed by atoms with Gasteiger partial charge >= 0.3 is 0 Å². The van der Waals surface area contributed by atoms with Crippen LogP contribution in [0.2, 0.25) is 0 Å². The first-order valence-corrected chi connectivity index (χ1v) is 7.27. The molecule has 0 heterocycles. The van der Waals surface area contributed by atoms with Crippen LogP contribution in [0, 0.1) is 0 Å². The number of carbonyl (C=O) groups excluding carboxylic acids is 1. The Morgan fingerprint density at radius 3 is 2.17 bits per heavy atom. The highest BCUT2D eigenvalue weighted by molar-refractivity contribution is 7.89. The summed E-state index contributed by atoms with van der Waals surface area (Å²) in [7, 11) is -3.69. The minimum atomic E-state index is -3.69. The molecule has 0 fully saturated rings. The van der Waals surface area contributed by atoms with Crippen molar-refractivity contribution in [3.63, 3.8) is 0 Å². The molecule has 18 heavy (non-hydrogen) atoms. The molecule has 0 aromatic heterocycles. The van der Waals surface area contributed by atoms with Gasteiger partial charge in [-0.25, -0.2) is 13.6 Å². The van der Waals surface area contributed by atoms with Crippen LogP contribution < -0.4 is 10.5 Å². The first kappa shape index (κ1) is 14.9. The summed E-state index contributed by atoms with van der Waals surface area (Å²) < 4.78 is 22.1. The number of nitrogens with two attached hydrogens (primary N) is 1. The molecule has 2 atom stereocenters. The number of hydrogen-bond acceptors (Lipinski definition) is 3. The second-order valence-corrected chi connectivity index (χ2v) is 6.18. The second-order valence-electron chi connectivity index (χ2n) is 3.96. The third kappa shape index (κ3) is 3.97. The van der Waals surface area contributed by atoms with Crippen LogP contribution in [0.1, 0.15) is 25.5 Å². The summed E-state index contributed by atoms with van der Waals surface area (Å²) in [5.74, 6) is -0.278. The van der Waals surface area contributed by atoms with Gasteiger partial charge in [0.25, 0.3) is 0 Å². The van der Waals surface area contributed by atoms with Crippen molar-refractivity contribution in [3.8, 4) is 0 Å². The van der Waals surface area contributed by atoms with Crippen LogP contribution in [0.5, 0.6) is 0 Å². The van der Waals surface area contributed by atoms with Gasteiger partial charge in [-0.1, -0.05) is 12.1 Å². The van der Waals surface area contributed by atoms with Crippen molar-refractivity contribution < 1.29 is 13.2 Å². The number of alkyl halides is 1. The lowest BCUT2D eigenvalue weighted by Crippen LogP contribution is -2.31. The predicted molar refractivity (Wildman–Crippen MR) is 69.7 cm³/mol. The average molecular weight is 291 g/mol. The topological polar surface area (TPSA) is 89.3 Å². The molecule has 1 rings (SSSR count). The highest BCUT2D eigenvalue weighted by atomic mass is 35.5. The van der Waals surface area contributed by atoms with Crippen molar-refractivity contribution in [2.75, 3.05) is 0 Å². The third-order valence-corrected chi connectivity index (χ3v) is 3.56. The third-order valence-electron chi connectivity index (χ3n) is 2.43. The molecular formula is C11H15ClN2O3S. The molecule has 0 saturated carbocycles. The molecular weight excluding hydrogens is 276 g/mol. The average Bonchev–Trinajstić information content (AvgIpc) is 2.27. The minimum absolute atomic E-state index is 0.0375. The molecule has 1 aromatic rings. The monoisotopic (exact) mass is 290 g/mol. The first-order chi connectivity index (χ1) is 8.21. The van der Waals surface area contributed by atoms with Crippen molar-refractivity contribution in [3.05, 3.63) is 29.8 Å². The fraction of sp³-hybridized carbons (Fsp3) is 0.364. The summed E-state index contributed by atoms with van der Waals surface area (Å²) in [5.41, 5.74) is 0.771. The molecule has 0 aliphatic heterocycles. The van der Waals surface area contributed by atoms with Gasteiger partial charge in [-0.2, -0.15) is 0 Å². The molecule has 0 bridgehead atoms. The summed E-state index contributed by atoms with van der Waals surface area (Å²) in [6.45, 7) is 3.36. The molecule has 0 radical (unpaired) electrons. The number of benzene rings is 1. The molecule has 0 aliphatic carbocycles. The summed E-state index contributed by atoms with van der Waals surface area (Å²) in [5, 5.41) is 7.08. The van der Waals surface area contributed by atoms with E-state index in [1.165, 1.54) is 12.1 Å². The van der Waals surface area contributed by atoms with Gasteiger partial charge in [0.2, 0.25) is 15.9 Å². The van der Waals surface area contributed by atoms with Gasteiger partial charge in [-0.15, -0.1) is 11.6 Å². The molecule has 100 valence electrons. The van der Waals surface area contributed by atoms with E-state index in [0.717, 1.165) is 5.56 Å². The number of carbonyl (C=O) groups is 1. The number of sulfonamides is 1. The lowest BCUT2D eigenvalue weighted by molar-refractivity contribution is -0.121. The maximum atomic E-state index is 11.4. The largest absolute Gasteiger partial charge is 0.348 e. The molecule has 5 nitrogen and oxygen atoms in total. The normalized spacial score (nSPS) is 14.9. The zero-order valence-corrected chi connectivity index (χ0v) is 11.6. The van der Waals surface area contributed by atoms with Crippen molar-refractivity contribution in [1.29, 1.82) is 0 Å². The van der Waals surface area contributed by atoms with Gasteiger partial charge in [-0.3, -0.25) is 4.79 Å². The van der Waals surface area contributed by atoms with E-state index in [9.17, 15) is 13.2 Å². The fourth-order valence-corrected chi connectivity index (χ4v) is 1.94. The van der Waals surface area contributed by atoms with Crippen molar-refractivity contribution >= 4 is 27.5 Å². The Morgan fingerprint density at radius 1 is 1.28 bits per heavy atom. The van der Waals surface area contributed by atoms with Crippen LogP contribution in [0.25, 0.3) is 0 Å². The SMILES string of the molecule is C[C@H](Cl)C(=O)N[C@H](C)c1ccc(S(N)(=O)=O)cc1. The maximum absolute atomic E-state index is 11.4. The number of primary sulfonamides is 1. The van der Waals surface area contributed by atoms with Crippen LogP contribution in [0.15, 0.2) is 29.2 Å². The van der Waals surface area contributed by atoms with Gasteiger partial charge in [0.05, 0.1) is 10.9 Å². The van der Waals surface area contributed by atoms with Crippen LogP contribution in [0.3, 0.4) is 0 Å². The fourth-order valence-electron chi connectivity index (χ4n) is 1.36. The number of amides is 1. The summed E-state index contributed by atoms with van der Waals surface area (Å²) in [6.07, 6.45) is 0. The van der Waals surface area contributed by atoms with Crippen LogP contribution in [0.4, 0.5) is 0 Å². The zero-order valence-electron chi connectivity index (χ0n) is 10.1. The Kier molecular flexibility index (Phi) is 4.72. The van der Waals surface area contributed by atoms with Crippen molar-refractivity contribution in [1.82, 2.24) is 5.32 Å². The molecule has 0 unspecified atom stereocenters. The van der Waals surface area contributed by atoms with Crippen LogP contribution in [-0.2, 0) is 14.8 Å². The van der Waals surface area contributed by atoms with E-state index < -0.39 is 15.4 Å². The quantitative estimate of drug-likeness (QED) is 0.815. The van der Waals surface area contributed by atoms with E-state index in [1.807, 2.05) is 0 Å². The van der Waals surface area contributed by atoms with Crippen molar-refractivity contribution in [2.24, 2.45) is 5.14 Å². The van der Waals surface area contributed by atoms with Crippen molar-refractivity contribution in [2.45, 2.75) is 30.2 Å². The highest BCUT2D eigenvalue weighted by Crippen LogP contribution is 2.15. The van der Waals surface area contributed by atoms with Crippen LogP contribution in [-0.4, -0.2) is 19.7 Å². The second kappa shape index (κ2) is 5.69. The molecule has 0 aliphatic rings. The molecule has 7 heteroatoms. The van der Waals surface area contributed by atoms with E-state index in [-0.39, 0.29) is 16.8 Å². The number of nitrogens with one attached hydrogen (secondary N) is 1. The molecule has 0 saturated heterocycles. The highest BCUT2D eigenvalue weighted by Gasteiger charge is 2.14. The molecule has 3 N–H and O–H groups in total. The maximum Gasteiger partial charge on any atom is 0.238 e. The van der Waals surface area contributed by atoms with E-state index in [4.69, 9.17) is 16.7 Å². The lowest BCUT2D eigenvalue weighted by Gasteiger charge is -2.15. The number of hydrogen-bond donors (Lipinski definition) is 2. The van der Waals surface area contributed by atoms with Gasteiger partial charge < -0.3 is 5.32 Å². The van der Waals surface area contributed by atoms with E-state index in [1.54, 1.807) is 26.0 Å². The summed E-state index contributed by atoms with van der Waals surface area (Å²) >= 11 is 5.64. The number of rotatable bonds is 4. The molecule has 0 spiro atoms. The van der Waals surface area contributed by atoms with Gasteiger partial charge in [0, 0.05) is 0 Å². The lowest BCUT2D eigenvalue weighted by atomic mass is 10.1. The predicted octanol–water partition coefficient (Wildman–Crippen LogP) is 1.14. The van der Waals surface area contributed by atoms with Gasteiger partial charge in [-0.05, 0) is 31.5 Å². The van der Waals surface area contributed by atoms with Gasteiger partial charge in [0.15, 0.2) is 0 Å². The van der Waals surface area contributed by atoms with E-state index in [0.29, 0.717) is 0 Å². The molecule has 1 amide bonds. The summed E-state index contributed by atoms with van der Waals surface area (Å²) in [6, 6.07) is 5.75. The Morgan fingerprint density at radius 2 is 1.78 bits per heavy atom. The number of halogens is 1. The van der Waals surface area contributed by atoms with Gasteiger partial charge in [0.1, 0.15) is 5.38 Å².